The molecule has 0 saturated heterocycles. The molecule has 0 aromatic heterocycles. The highest BCUT2D eigenvalue weighted by molar-refractivity contribution is 5.80. The number of hydrogen-bond acceptors (Lipinski definition) is 5. The molecule has 0 saturated carbocycles. The lowest BCUT2D eigenvalue weighted by atomic mass is 10.1. The minimum absolute atomic E-state index is 0.200. The van der Waals surface area contributed by atoms with Crippen LogP contribution in [0.25, 0.3) is 0 Å². The van der Waals surface area contributed by atoms with Crippen LogP contribution in [0, 0.1) is 0 Å². The summed E-state index contributed by atoms with van der Waals surface area (Å²) >= 11 is 0. The molecule has 0 heterocycles. The van der Waals surface area contributed by atoms with Gasteiger partial charge in [-0.15, -0.1) is 0 Å². The summed E-state index contributed by atoms with van der Waals surface area (Å²) in [6.07, 6.45) is -0.456. The number of amides is 1. The summed E-state index contributed by atoms with van der Waals surface area (Å²) in [6.45, 7) is 2.04. The van der Waals surface area contributed by atoms with E-state index in [-0.39, 0.29) is 18.3 Å². The van der Waals surface area contributed by atoms with Crippen LogP contribution in [-0.4, -0.2) is 32.2 Å². The van der Waals surface area contributed by atoms with E-state index in [9.17, 15) is 9.59 Å². The molecule has 0 fully saturated rings. The Kier molecular flexibility index (Phi) is 7.02. The SMILES string of the molecule is COC(=O)Cc1ccc(O[C@H](C)C(=O)NCc2ccccc2OC)cc1. The first-order chi connectivity index (χ1) is 12.5. The van der Waals surface area contributed by atoms with Crippen molar-refractivity contribution >= 4 is 11.9 Å². The average molecular weight is 357 g/mol. The lowest BCUT2D eigenvalue weighted by molar-refractivity contribution is -0.139. The average Bonchev–Trinajstić information content (AvgIpc) is 2.67. The molecule has 0 aliphatic heterocycles. The molecule has 2 rings (SSSR count). The third kappa shape index (κ3) is 5.51. The summed E-state index contributed by atoms with van der Waals surface area (Å²) in [7, 11) is 2.95. The fourth-order valence-electron chi connectivity index (χ4n) is 2.36. The predicted molar refractivity (Wildman–Crippen MR) is 97.1 cm³/mol. The zero-order valence-corrected chi connectivity index (χ0v) is 15.2. The Labute approximate surface area is 153 Å². The van der Waals surface area contributed by atoms with Crippen molar-refractivity contribution < 1.29 is 23.8 Å². The number of carbonyl (C=O) groups is 2. The van der Waals surface area contributed by atoms with E-state index >= 15 is 0 Å². The molecule has 6 nitrogen and oxygen atoms in total. The largest absolute Gasteiger partial charge is 0.496 e. The molecule has 2 aromatic rings. The van der Waals surface area contributed by atoms with E-state index in [0.29, 0.717) is 12.3 Å². The Bertz CT molecular complexity index is 742. The Hall–Kier alpha value is -3.02. The van der Waals surface area contributed by atoms with E-state index in [1.54, 1.807) is 38.3 Å². The normalized spacial score (nSPS) is 11.3. The summed E-state index contributed by atoms with van der Waals surface area (Å²) < 4.78 is 15.5. The molecule has 1 N–H and O–H groups in total. The van der Waals surface area contributed by atoms with Crippen LogP contribution in [0.1, 0.15) is 18.1 Å². The molecule has 0 unspecified atom stereocenters. The van der Waals surface area contributed by atoms with Crippen molar-refractivity contribution in [3.8, 4) is 11.5 Å². The van der Waals surface area contributed by atoms with Crippen molar-refractivity contribution in [3.63, 3.8) is 0 Å². The maximum Gasteiger partial charge on any atom is 0.309 e. The number of ether oxygens (including phenoxy) is 3. The van der Waals surface area contributed by atoms with Crippen LogP contribution in [0.3, 0.4) is 0 Å². The van der Waals surface area contributed by atoms with Crippen molar-refractivity contribution in [1.82, 2.24) is 5.32 Å². The first kappa shape index (κ1) is 19.3. The first-order valence-electron chi connectivity index (χ1n) is 8.25. The standard InChI is InChI=1S/C20H23NO5/c1-14(20(23)21-13-16-6-4-5-7-18(16)24-2)26-17-10-8-15(9-11-17)12-19(22)25-3/h4-11,14H,12-13H2,1-3H3,(H,21,23)/t14-/m1/s1. The van der Waals surface area contributed by atoms with Gasteiger partial charge in [-0.25, -0.2) is 0 Å². The second kappa shape index (κ2) is 9.46. The summed E-state index contributed by atoms with van der Waals surface area (Å²) in [6, 6.07) is 14.5. The summed E-state index contributed by atoms with van der Waals surface area (Å²) in [5.74, 6) is 0.749. The molecule has 0 aliphatic rings. The number of methoxy groups -OCH3 is 2. The molecule has 6 heteroatoms. The number of nitrogens with one attached hydrogen (secondary N) is 1. The van der Waals surface area contributed by atoms with E-state index in [2.05, 4.69) is 10.1 Å². The van der Waals surface area contributed by atoms with Gasteiger partial charge in [0.05, 0.1) is 20.6 Å². The fraction of sp³-hybridized carbons (Fsp3) is 0.300. The zero-order valence-electron chi connectivity index (χ0n) is 15.2. The van der Waals surface area contributed by atoms with Crippen molar-refractivity contribution in [2.45, 2.75) is 26.0 Å². The molecule has 138 valence electrons. The molecule has 0 aliphatic carbocycles. The van der Waals surface area contributed by atoms with Crippen LogP contribution in [0.2, 0.25) is 0 Å². The smallest absolute Gasteiger partial charge is 0.309 e. The Balaban J connectivity index is 1.87. The van der Waals surface area contributed by atoms with Crippen molar-refractivity contribution in [2.24, 2.45) is 0 Å². The highest BCUT2D eigenvalue weighted by Gasteiger charge is 2.15. The van der Waals surface area contributed by atoms with Crippen LogP contribution >= 0.6 is 0 Å². The van der Waals surface area contributed by atoms with Crippen LogP contribution in [0.5, 0.6) is 11.5 Å². The van der Waals surface area contributed by atoms with Gasteiger partial charge in [-0.05, 0) is 30.7 Å². The van der Waals surface area contributed by atoms with E-state index in [1.165, 1.54) is 7.11 Å². The van der Waals surface area contributed by atoms with Gasteiger partial charge in [0.1, 0.15) is 11.5 Å². The number of hydrogen-bond donors (Lipinski definition) is 1. The topological polar surface area (TPSA) is 73.9 Å². The third-order valence-corrected chi connectivity index (χ3v) is 3.83. The van der Waals surface area contributed by atoms with Crippen LogP contribution in [0.4, 0.5) is 0 Å². The zero-order chi connectivity index (χ0) is 18.9. The summed E-state index contributed by atoms with van der Waals surface area (Å²) in [5, 5.41) is 2.83. The number of carbonyl (C=O) groups excluding carboxylic acids is 2. The van der Waals surface area contributed by atoms with Crippen LogP contribution in [-0.2, 0) is 27.3 Å². The predicted octanol–water partition coefficient (Wildman–Crippen LogP) is 2.49. The van der Waals surface area contributed by atoms with Crippen molar-refractivity contribution in [3.05, 3.63) is 59.7 Å². The van der Waals surface area contributed by atoms with Gasteiger partial charge in [-0.2, -0.15) is 0 Å². The van der Waals surface area contributed by atoms with E-state index < -0.39 is 6.10 Å². The molecule has 0 radical (unpaired) electrons. The Morgan fingerprint density at radius 1 is 1.04 bits per heavy atom. The first-order valence-corrected chi connectivity index (χ1v) is 8.25. The number of rotatable bonds is 8. The number of esters is 1. The van der Waals surface area contributed by atoms with E-state index in [1.807, 2.05) is 24.3 Å². The molecular formula is C20H23NO5. The van der Waals surface area contributed by atoms with Crippen LogP contribution in [0.15, 0.2) is 48.5 Å². The van der Waals surface area contributed by atoms with Gasteiger partial charge in [-0.3, -0.25) is 9.59 Å². The maximum absolute atomic E-state index is 12.2. The second-order valence-electron chi connectivity index (χ2n) is 5.69. The van der Waals surface area contributed by atoms with E-state index in [4.69, 9.17) is 9.47 Å². The molecule has 0 bridgehead atoms. The Morgan fingerprint density at radius 3 is 2.38 bits per heavy atom. The summed E-state index contributed by atoms with van der Waals surface area (Å²) in [4.78, 5) is 23.5. The fourth-order valence-corrected chi connectivity index (χ4v) is 2.36. The quantitative estimate of drug-likeness (QED) is 0.735. The van der Waals surface area contributed by atoms with Gasteiger partial charge in [-0.1, -0.05) is 30.3 Å². The van der Waals surface area contributed by atoms with Crippen molar-refractivity contribution in [2.75, 3.05) is 14.2 Å². The van der Waals surface area contributed by atoms with Gasteiger partial charge >= 0.3 is 5.97 Å². The number of benzene rings is 2. The van der Waals surface area contributed by atoms with Gasteiger partial charge in [0.15, 0.2) is 6.10 Å². The lowest BCUT2D eigenvalue weighted by Crippen LogP contribution is -2.35. The molecule has 2 aromatic carbocycles. The van der Waals surface area contributed by atoms with Gasteiger partial charge in [0.25, 0.3) is 5.91 Å². The second-order valence-corrected chi connectivity index (χ2v) is 5.69. The highest BCUT2D eigenvalue weighted by Crippen LogP contribution is 2.17. The molecular weight excluding hydrogens is 334 g/mol. The van der Waals surface area contributed by atoms with Gasteiger partial charge in [0, 0.05) is 12.1 Å². The van der Waals surface area contributed by atoms with Gasteiger partial charge < -0.3 is 19.5 Å². The maximum atomic E-state index is 12.2. The molecule has 1 amide bonds. The highest BCUT2D eigenvalue weighted by atomic mass is 16.5. The molecule has 1 atom stereocenters. The molecule has 0 spiro atoms. The third-order valence-electron chi connectivity index (χ3n) is 3.83. The monoisotopic (exact) mass is 357 g/mol. The summed E-state index contributed by atoms with van der Waals surface area (Å²) in [5.41, 5.74) is 1.71. The van der Waals surface area contributed by atoms with Crippen molar-refractivity contribution in [1.29, 1.82) is 0 Å². The molecule has 26 heavy (non-hydrogen) atoms. The Morgan fingerprint density at radius 2 is 1.73 bits per heavy atom. The van der Waals surface area contributed by atoms with E-state index in [0.717, 1.165) is 16.9 Å². The van der Waals surface area contributed by atoms with Crippen LogP contribution < -0.4 is 14.8 Å². The number of para-hydroxylation sites is 1. The van der Waals surface area contributed by atoms with Gasteiger partial charge in [0.2, 0.25) is 0 Å². The lowest BCUT2D eigenvalue weighted by Gasteiger charge is -2.16. The minimum Gasteiger partial charge on any atom is -0.496 e. The minimum atomic E-state index is -0.656.